The van der Waals surface area contributed by atoms with E-state index in [1.807, 2.05) is 147 Å². The molecule has 0 fully saturated rings. The van der Waals surface area contributed by atoms with E-state index in [-0.39, 0.29) is 42.1 Å². The van der Waals surface area contributed by atoms with Crippen LogP contribution in [-0.4, -0.2) is 30.1 Å². The van der Waals surface area contributed by atoms with E-state index in [9.17, 15) is 0 Å². The molecule has 2 aliphatic rings. The van der Waals surface area contributed by atoms with Gasteiger partial charge in [-0.15, -0.1) is 29.4 Å². The molecule has 15 heteroatoms. The molecule has 0 saturated heterocycles. The van der Waals surface area contributed by atoms with Gasteiger partial charge in [0, 0.05) is 115 Å². The first-order valence-electron chi connectivity index (χ1n) is 19.1. The predicted octanol–water partition coefficient (Wildman–Crippen LogP) is 7.16. The molecule has 61 heavy (non-hydrogen) atoms. The van der Waals surface area contributed by atoms with Gasteiger partial charge in [0.15, 0.2) is 0 Å². The van der Waals surface area contributed by atoms with Gasteiger partial charge in [-0.05, 0) is 48.5 Å². The number of pyridine rings is 4. The first-order valence-corrected chi connectivity index (χ1v) is 19.1. The zero-order valence-corrected chi connectivity index (χ0v) is 37.9. The normalized spacial score (nSPS) is 12.1. The van der Waals surface area contributed by atoms with Crippen molar-refractivity contribution in [1.82, 2.24) is 40.3 Å². The van der Waals surface area contributed by atoms with Crippen LogP contribution in [0.5, 0.6) is 0 Å². The fourth-order valence-electron chi connectivity index (χ4n) is 6.56. The summed E-state index contributed by atoms with van der Waals surface area (Å²) in [6.45, 7) is 8.96. The molecule has 0 amide bonds. The number of hydrogen-bond acceptors (Lipinski definition) is 11. The number of rotatable bonds is 9. The molecule has 6 aromatic heterocycles. The standard InChI is InChI=1S/C23H19N6.C12H9N3.C11H13N4.2Pt/c1-17-13-20(27-26-17)14-18-7-5-8-19(25-18)15-28-16-29(21-9-3-2-4-10-21)23-22(28)11-6-12-24-23;1-2-5-10(6-3-1)15-9-14-11-7-4-8-13-12(11)15;1-8-5-11(15-14-8)6-9-3-2-4-10(7-12)13-9;;/h2-9,11-13,16H,14-15H2,1H3;1-5,7-9,14H;2-5H,6-7,12H2,1H3;;/q-3;-2;-1;;. The maximum Gasteiger partial charge on any atom is 0.124 e. The summed E-state index contributed by atoms with van der Waals surface area (Å²) >= 11 is 0. The molecule has 8 aromatic rings. The minimum absolute atomic E-state index is 0. The fourth-order valence-corrected chi connectivity index (χ4v) is 6.56. The largest absolute Gasteiger partial charge is 0.579 e. The smallest absolute Gasteiger partial charge is 0.124 e. The minimum Gasteiger partial charge on any atom is -0.579 e. The molecule has 3 N–H and O–H groups in total. The third kappa shape index (κ3) is 11.4. The van der Waals surface area contributed by atoms with E-state index in [1.54, 1.807) is 6.20 Å². The van der Waals surface area contributed by atoms with E-state index in [1.165, 1.54) is 0 Å². The van der Waals surface area contributed by atoms with Gasteiger partial charge in [-0.3, -0.25) is 9.97 Å². The van der Waals surface area contributed by atoms with Crippen molar-refractivity contribution in [1.29, 1.82) is 0 Å². The summed E-state index contributed by atoms with van der Waals surface area (Å²) < 4.78 is 0. The molecular formula is C46H41N13Pt2-6. The molecule has 10 rings (SSSR count). The number of nitrogens with zero attached hydrogens (tertiary/aromatic N) is 11. The maximum atomic E-state index is 5.53. The molecule has 8 heterocycles. The fraction of sp³-hybridized carbons (Fsp3) is 0.130. The van der Waals surface area contributed by atoms with E-state index < -0.39 is 0 Å². The zero-order chi connectivity index (χ0) is 40.4. The first kappa shape index (κ1) is 44.5. The summed E-state index contributed by atoms with van der Waals surface area (Å²) in [5.74, 6) is 1.81. The second kappa shape index (κ2) is 21.5. The number of nitrogens with two attached hydrogens (primary N) is 1. The average molecular weight is 1170 g/mol. The van der Waals surface area contributed by atoms with Gasteiger partial charge in [0.25, 0.3) is 0 Å². The molecule has 0 bridgehead atoms. The van der Waals surface area contributed by atoms with Crippen molar-refractivity contribution in [3.8, 4) is 0 Å². The van der Waals surface area contributed by atoms with Gasteiger partial charge in [0.2, 0.25) is 0 Å². The number of nitrogens with one attached hydrogen (secondary N) is 1. The summed E-state index contributed by atoms with van der Waals surface area (Å²) in [6, 6.07) is 46.1. The maximum absolute atomic E-state index is 5.53. The molecule has 2 aliphatic heterocycles. The summed E-state index contributed by atoms with van der Waals surface area (Å²) in [7, 11) is 0. The van der Waals surface area contributed by atoms with Crippen LogP contribution in [0.3, 0.4) is 0 Å². The van der Waals surface area contributed by atoms with E-state index in [4.69, 9.17) is 10.7 Å². The van der Waals surface area contributed by atoms with Gasteiger partial charge < -0.3 is 46.1 Å². The van der Waals surface area contributed by atoms with Crippen LogP contribution in [0.1, 0.15) is 45.6 Å². The van der Waals surface area contributed by atoms with Crippen molar-refractivity contribution < 1.29 is 42.1 Å². The molecule has 0 spiro atoms. The molecule has 0 radical (unpaired) electrons. The molecule has 0 saturated carbocycles. The van der Waals surface area contributed by atoms with Crippen molar-refractivity contribution in [3.05, 3.63) is 205 Å². The quantitative estimate of drug-likeness (QED) is 0.141. The second-order valence-electron chi connectivity index (χ2n) is 13.7. The van der Waals surface area contributed by atoms with E-state index in [0.717, 1.165) is 79.9 Å². The van der Waals surface area contributed by atoms with Crippen LogP contribution < -0.4 is 35.9 Å². The molecular weight excluding hydrogens is 1120 g/mol. The van der Waals surface area contributed by atoms with Gasteiger partial charge in [-0.2, -0.15) is 67.3 Å². The number of benzene rings is 2. The zero-order valence-electron chi connectivity index (χ0n) is 33.3. The van der Waals surface area contributed by atoms with Crippen molar-refractivity contribution >= 4 is 34.4 Å². The summed E-state index contributed by atoms with van der Waals surface area (Å²) in [4.78, 5) is 24.4. The molecule has 2 aromatic carbocycles. The Balaban J connectivity index is 0.000000165. The minimum atomic E-state index is 0. The van der Waals surface area contributed by atoms with Crippen LogP contribution in [0.2, 0.25) is 0 Å². The number of anilines is 6. The summed E-state index contributed by atoms with van der Waals surface area (Å²) in [5.41, 5.74) is 17.2. The number of aromatic nitrogens is 8. The van der Waals surface area contributed by atoms with Crippen molar-refractivity contribution in [2.75, 3.05) is 20.0 Å². The van der Waals surface area contributed by atoms with Gasteiger partial charge in [-0.25, -0.2) is 9.97 Å². The molecule has 316 valence electrons. The Kier molecular flexibility index (Phi) is 15.7. The number of para-hydroxylation sites is 2. The molecule has 0 aliphatic carbocycles. The van der Waals surface area contributed by atoms with Crippen LogP contribution in [0.15, 0.2) is 134 Å². The third-order valence-electron chi connectivity index (χ3n) is 9.25. The van der Waals surface area contributed by atoms with E-state index in [0.29, 0.717) is 25.9 Å². The van der Waals surface area contributed by atoms with Gasteiger partial charge in [-0.1, -0.05) is 38.1 Å². The van der Waals surface area contributed by atoms with Gasteiger partial charge in [0.05, 0.1) is 11.4 Å². The van der Waals surface area contributed by atoms with Gasteiger partial charge >= 0.3 is 0 Å². The summed E-state index contributed by atoms with van der Waals surface area (Å²) in [6.07, 6.45) is 5.00. The summed E-state index contributed by atoms with van der Waals surface area (Å²) in [5, 5.41) is 19.4. The van der Waals surface area contributed by atoms with Crippen LogP contribution >= 0.6 is 0 Å². The Morgan fingerprint density at radius 3 is 1.79 bits per heavy atom. The predicted molar refractivity (Wildman–Crippen MR) is 228 cm³/mol. The van der Waals surface area contributed by atoms with E-state index >= 15 is 0 Å². The third-order valence-corrected chi connectivity index (χ3v) is 9.25. The Bertz CT molecular complexity index is 2580. The van der Waals surface area contributed by atoms with Gasteiger partial charge in [0.1, 0.15) is 11.6 Å². The van der Waals surface area contributed by atoms with Crippen LogP contribution in [0, 0.1) is 39.3 Å². The second-order valence-corrected chi connectivity index (χ2v) is 13.7. The Hall–Kier alpha value is -6.00. The van der Waals surface area contributed by atoms with Crippen LogP contribution in [0.4, 0.5) is 34.4 Å². The van der Waals surface area contributed by atoms with Crippen molar-refractivity contribution in [3.63, 3.8) is 0 Å². The van der Waals surface area contributed by atoms with Crippen molar-refractivity contribution in [2.45, 2.75) is 39.8 Å². The number of fused-ring (bicyclic) bond motifs is 2. The van der Waals surface area contributed by atoms with E-state index in [2.05, 4.69) is 75.3 Å². The number of hydrogen-bond donors (Lipinski definition) is 2. The number of aryl methyl sites for hydroxylation is 2. The molecule has 13 nitrogen and oxygen atoms in total. The SMILES string of the molecule is Cc1cc(Cc2cccc(CN)n2)n[n-]1.Cc1cc(Cc2cccc(CN3[CH-]N(c4[c-]cccc4)c4ncccc43)n2)n[n-]1.[Pt].[Pt].[c-]1ccccc1N1[CH-]Nc2cccnc21. The molecule has 0 atom stereocenters. The molecule has 0 unspecified atom stereocenters. The average Bonchev–Trinajstić information content (AvgIpc) is 4.09. The monoisotopic (exact) mass is 1170 g/mol. The van der Waals surface area contributed by atoms with Crippen LogP contribution in [0.25, 0.3) is 0 Å². The van der Waals surface area contributed by atoms with Crippen molar-refractivity contribution in [2.24, 2.45) is 5.73 Å². The van der Waals surface area contributed by atoms with Crippen LogP contribution in [-0.2, 0) is 68.1 Å². The topological polar surface area (TPSA) is 153 Å². The first-order chi connectivity index (χ1) is 29.0. The Morgan fingerprint density at radius 2 is 1.20 bits per heavy atom. The Labute approximate surface area is 384 Å². The Morgan fingerprint density at radius 1 is 0.623 bits per heavy atom.